The van der Waals surface area contributed by atoms with Gasteiger partial charge in [0.1, 0.15) is 16.7 Å². The zero-order chi connectivity index (χ0) is 24.3. The van der Waals surface area contributed by atoms with Crippen molar-refractivity contribution < 1.29 is 18.4 Å². The van der Waals surface area contributed by atoms with E-state index in [1.807, 2.05) is 0 Å². The molecule has 3 saturated carbocycles. The molecule has 4 aromatic rings. The third-order valence-electron chi connectivity index (χ3n) is 6.93. The molecule has 1 aromatic carbocycles. The molecule has 9 heteroatoms. The first-order chi connectivity index (χ1) is 16.9. The lowest BCUT2D eigenvalue weighted by Crippen LogP contribution is -2.68. The first-order valence-corrected chi connectivity index (χ1v) is 11.6. The summed E-state index contributed by atoms with van der Waals surface area (Å²) in [4.78, 5) is 34.3. The highest BCUT2D eigenvalue weighted by molar-refractivity contribution is 6.32. The molecular weight excluding hydrogens is 471 g/mol. The molecule has 7 rings (SSSR count). The molecule has 3 aliphatic rings. The Balaban J connectivity index is 1.43. The maximum atomic E-state index is 13.5. The average Bonchev–Trinajstić information content (AvgIpc) is 3.18. The molecule has 176 valence electrons. The smallest absolute Gasteiger partial charge is 0.255 e. The third kappa shape index (κ3) is 3.56. The molecule has 0 atom stereocenters. The largest absolute Gasteiger partial charge is 0.437 e. The van der Waals surface area contributed by atoms with E-state index in [9.17, 15) is 14.0 Å². The Morgan fingerprint density at radius 3 is 2.49 bits per heavy atom. The molecule has 2 bridgehead atoms. The van der Waals surface area contributed by atoms with Crippen molar-refractivity contribution in [3.8, 4) is 22.5 Å². The van der Waals surface area contributed by atoms with Crippen LogP contribution in [0, 0.1) is 11.7 Å². The van der Waals surface area contributed by atoms with E-state index in [1.165, 1.54) is 37.5 Å². The minimum absolute atomic E-state index is 0.0498. The minimum atomic E-state index is -0.403. The number of amides is 2. The molecule has 2 amide bonds. The lowest BCUT2D eigenvalue weighted by atomic mass is 9.50. The Morgan fingerprint density at radius 1 is 1.09 bits per heavy atom. The van der Waals surface area contributed by atoms with Crippen LogP contribution in [0.2, 0.25) is 5.15 Å². The predicted octanol–water partition coefficient (Wildman–Crippen LogP) is 4.99. The number of pyridine rings is 2. The van der Waals surface area contributed by atoms with Gasteiger partial charge in [-0.05, 0) is 61.6 Å². The number of hydrogen-bond donors (Lipinski definition) is 2. The number of benzene rings is 1. The molecule has 3 heterocycles. The second-order valence-electron chi connectivity index (χ2n) is 9.25. The van der Waals surface area contributed by atoms with Crippen molar-refractivity contribution >= 4 is 34.5 Å². The molecule has 0 spiro atoms. The molecule has 3 fully saturated rings. The Labute approximate surface area is 204 Å². The SMILES string of the molecule is CNC(=O)c1c(-c2ccc(F)cc2)oc2nc(Cl)c(-c3cncc(C(=O)NC45CC(C4)C5)c3)cc12. The molecule has 3 aromatic heterocycles. The Hall–Kier alpha value is -3.78. The van der Waals surface area contributed by atoms with Crippen molar-refractivity contribution in [2.75, 3.05) is 7.05 Å². The zero-order valence-electron chi connectivity index (χ0n) is 18.7. The van der Waals surface area contributed by atoms with E-state index in [0.29, 0.717) is 27.6 Å². The summed E-state index contributed by atoms with van der Waals surface area (Å²) in [5.41, 5.74) is 2.41. The van der Waals surface area contributed by atoms with Crippen LogP contribution in [0.25, 0.3) is 33.6 Å². The van der Waals surface area contributed by atoms with Crippen molar-refractivity contribution in [1.29, 1.82) is 0 Å². The standard InChI is InChI=1S/C26H20ClFN4O3/c1-29-24(34)20-19-7-18(22(27)31-25(19)35-21(20)14-2-4-17(28)5-3-14)15-6-16(12-30-11-15)23(33)32-26-8-13(9-26)10-26/h2-7,11-13H,8-10H2,1H3,(H,29,34)(H,32,33). The third-order valence-corrected chi connectivity index (χ3v) is 7.21. The summed E-state index contributed by atoms with van der Waals surface area (Å²) in [7, 11) is 1.51. The van der Waals surface area contributed by atoms with Crippen molar-refractivity contribution in [2.45, 2.75) is 24.8 Å². The zero-order valence-corrected chi connectivity index (χ0v) is 19.4. The van der Waals surface area contributed by atoms with Crippen molar-refractivity contribution in [2.24, 2.45) is 5.92 Å². The van der Waals surface area contributed by atoms with E-state index in [2.05, 4.69) is 20.6 Å². The molecule has 0 unspecified atom stereocenters. The summed E-state index contributed by atoms with van der Waals surface area (Å²) in [5.74, 6) is 0.0457. The number of nitrogens with one attached hydrogen (secondary N) is 2. The highest BCUT2D eigenvalue weighted by Crippen LogP contribution is 2.57. The summed E-state index contributed by atoms with van der Waals surface area (Å²) in [6.45, 7) is 0. The number of fused-ring (bicyclic) bond motifs is 1. The summed E-state index contributed by atoms with van der Waals surface area (Å²) in [6, 6.07) is 9.04. The Bertz CT molecular complexity index is 1500. The van der Waals surface area contributed by atoms with E-state index >= 15 is 0 Å². The lowest BCUT2D eigenvalue weighted by molar-refractivity contribution is -0.0438. The quantitative estimate of drug-likeness (QED) is 0.384. The fourth-order valence-electron chi connectivity index (χ4n) is 5.02. The average molecular weight is 491 g/mol. The molecule has 35 heavy (non-hydrogen) atoms. The fourth-order valence-corrected chi connectivity index (χ4v) is 5.26. The van der Waals surface area contributed by atoms with Crippen molar-refractivity contribution in [3.63, 3.8) is 0 Å². The van der Waals surface area contributed by atoms with Gasteiger partial charge in [0.05, 0.1) is 16.5 Å². The van der Waals surface area contributed by atoms with Gasteiger partial charge in [-0.25, -0.2) is 9.37 Å². The normalized spacial score (nSPS) is 20.1. The predicted molar refractivity (Wildman–Crippen MR) is 129 cm³/mol. The van der Waals surface area contributed by atoms with E-state index in [4.69, 9.17) is 16.0 Å². The molecule has 3 aliphatic carbocycles. The summed E-state index contributed by atoms with van der Waals surface area (Å²) in [5, 5.41) is 6.32. The van der Waals surface area contributed by atoms with Crippen LogP contribution in [0.5, 0.6) is 0 Å². The van der Waals surface area contributed by atoms with Gasteiger partial charge in [0.15, 0.2) is 0 Å². The molecule has 7 nitrogen and oxygen atoms in total. The summed E-state index contributed by atoms with van der Waals surface area (Å²) >= 11 is 6.51. The number of halogens is 2. The molecule has 0 saturated heterocycles. The highest BCUT2D eigenvalue weighted by atomic mass is 35.5. The van der Waals surface area contributed by atoms with E-state index < -0.39 is 5.82 Å². The lowest BCUT2D eigenvalue weighted by Gasteiger charge is -2.61. The van der Waals surface area contributed by atoms with Gasteiger partial charge in [0.25, 0.3) is 11.8 Å². The van der Waals surface area contributed by atoms with Gasteiger partial charge in [-0.3, -0.25) is 14.6 Å². The van der Waals surface area contributed by atoms with Crippen molar-refractivity contribution in [3.05, 3.63) is 70.9 Å². The van der Waals surface area contributed by atoms with Crippen LogP contribution < -0.4 is 10.6 Å². The van der Waals surface area contributed by atoms with Gasteiger partial charge in [0.2, 0.25) is 5.71 Å². The summed E-state index contributed by atoms with van der Waals surface area (Å²) < 4.78 is 19.4. The maximum absolute atomic E-state index is 13.5. The van der Waals surface area contributed by atoms with Crippen LogP contribution in [0.15, 0.2) is 53.2 Å². The van der Waals surface area contributed by atoms with Crippen LogP contribution in [0.4, 0.5) is 4.39 Å². The van der Waals surface area contributed by atoms with Crippen LogP contribution in [0.1, 0.15) is 40.0 Å². The topological polar surface area (TPSA) is 97.1 Å². The number of rotatable bonds is 5. The van der Waals surface area contributed by atoms with Gasteiger partial charge in [-0.1, -0.05) is 11.6 Å². The van der Waals surface area contributed by atoms with E-state index in [1.54, 1.807) is 18.3 Å². The number of hydrogen-bond acceptors (Lipinski definition) is 5. The van der Waals surface area contributed by atoms with Crippen LogP contribution >= 0.6 is 11.6 Å². The van der Waals surface area contributed by atoms with Crippen LogP contribution in [-0.2, 0) is 0 Å². The maximum Gasteiger partial charge on any atom is 0.255 e. The monoisotopic (exact) mass is 490 g/mol. The molecular formula is C26H20ClFN4O3. The van der Waals surface area contributed by atoms with E-state index in [-0.39, 0.29) is 39.5 Å². The number of furan rings is 1. The molecule has 0 radical (unpaired) electrons. The number of carbonyl (C=O) groups is 2. The Kier molecular flexibility index (Phi) is 4.89. The van der Waals surface area contributed by atoms with Gasteiger partial charge in [0, 0.05) is 41.7 Å². The number of nitrogens with zero attached hydrogens (tertiary/aromatic N) is 2. The fraction of sp³-hybridized carbons (Fsp3) is 0.231. The van der Waals surface area contributed by atoms with E-state index in [0.717, 1.165) is 25.2 Å². The molecule has 0 aliphatic heterocycles. The second kappa shape index (κ2) is 7.88. The minimum Gasteiger partial charge on any atom is -0.437 e. The van der Waals surface area contributed by atoms with Gasteiger partial charge >= 0.3 is 0 Å². The van der Waals surface area contributed by atoms with Gasteiger partial charge in [-0.15, -0.1) is 0 Å². The number of carbonyl (C=O) groups excluding carboxylic acids is 2. The van der Waals surface area contributed by atoms with Crippen LogP contribution in [-0.4, -0.2) is 34.4 Å². The number of aromatic nitrogens is 2. The first kappa shape index (κ1) is 21.7. The van der Waals surface area contributed by atoms with Crippen molar-refractivity contribution in [1.82, 2.24) is 20.6 Å². The molecule has 2 N–H and O–H groups in total. The van der Waals surface area contributed by atoms with Gasteiger partial charge in [-0.2, -0.15) is 0 Å². The highest BCUT2D eigenvalue weighted by Gasteiger charge is 2.57. The second-order valence-corrected chi connectivity index (χ2v) is 9.60. The summed E-state index contributed by atoms with van der Waals surface area (Å²) in [6.07, 6.45) is 6.23. The van der Waals surface area contributed by atoms with Gasteiger partial charge < -0.3 is 15.1 Å². The Morgan fingerprint density at radius 2 is 1.83 bits per heavy atom. The first-order valence-electron chi connectivity index (χ1n) is 11.2. The van der Waals surface area contributed by atoms with Crippen LogP contribution in [0.3, 0.4) is 0 Å².